The van der Waals surface area contributed by atoms with Gasteiger partial charge in [-0.05, 0) is 49.3 Å². The second kappa shape index (κ2) is 7.67. The zero-order chi connectivity index (χ0) is 21.7. The molecule has 8 heteroatoms. The summed E-state index contributed by atoms with van der Waals surface area (Å²) in [6.07, 6.45) is 5.69. The van der Waals surface area contributed by atoms with E-state index in [4.69, 9.17) is 4.74 Å². The van der Waals surface area contributed by atoms with E-state index in [1.54, 1.807) is 18.3 Å². The molecule has 6 nitrogen and oxygen atoms in total. The van der Waals surface area contributed by atoms with Gasteiger partial charge < -0.3 is 4.74 Å². The lowest BCUT2D eigenvalue weighted by atomic mass is 9.97. The van der Waals surface area contributed by atoms with Crippen molar-refractivity contribution in [3.63, 3.8) is 0 Å². The first-order valence-corrected chi connectivity index (χ1v) is 11.3. The summed E-state index contributed by atoms with van der Waals surface area (Å²) in [5.74, 6) is -1.42. The molecule has 160 valence electrons. The maximum atomic E-state index is 14.1. The van der Waals surface area contributed by atoms with Crippen LogP contribution >= 0.6 is 11.3 Å². The molecule has 2 aliphatic rings. The SMILES string of the molecule is CC1CC(=O)c2c(OC(=O)CCn3cnc4sc5c(c4c3=O)CCCC5)ccc(F)c21. The molecule has 0 radical (unpaired) electrons. The van der Waals surface area contributed by atoms with Crippen LogP contribution in [0, 0.1) is 5.82 Å². The Morgan fingerprint density at radius 1 is 1.29 bits per heavy atom. The van der Waals surface area contributed by atoms with Crippen molar-refractivity contribution in [1.29, 1.82) is 0 Å². The van der Waals surface area contributed by atoms with Crippen LogP contribution in [0.2, 0.25) is 0 Å². The highest BCUT2D eigenvalue weighted by Crippen LogP contribution is 2.40. The van der Waals surface area contributed by atoms with Crippen molar-refractivity contribution >= 4 is 33.3 Å². The number of aromatic nitrogens is 2. The lowest BCUT2D eigenvalue weighted by Crippen LogP contribution is -2.23. The van der Waals surface area contributed by atoms with Crippen LogP contribution in [0.5, 0.6) is 5.75 Å². The Labute approximate surface area is 181 Å². The molecule has 0 amide bonds. The Kier molecular flexibility index (Phi) is 4.97. The number of carbonyl (C=O) groups is 2. The number of benzene rings is 1. The third-order valence-corrected chi connectivity index (χ3v) is 7.34. The summed E-state index contributed by atoms with van der Waals surface area (Å²) in [6.45, 7) is 1.90. The van der Waals surface area contributed by atoms with Crippen LogP contribution in [-0.4, -0.2) is 21.3 Å². The molecule has 0 fully saturated rings. The van der Waals surface area contributed by atoms with Gasteiger partial charge in [0, 0.05) is 23.4 Å². The molecule has 0 N–H and O–H groups in total. The number of esters is 1. The molecule has 1 unspecified atom stereocenters. The van der Waals surface area contributed by atoms with Gasteiger partial charge in [0.2, 0.25) is 0 Å². The maximum absolute atomic E-state index is 14.1. The van der Waals surface area contributed by atoms with Crippen molar-refractivity contribution in [3.05, 3.63) is 56.2 Å². The Balaban J connectivity index is 1.35. The van der Waals surface area contributed by atoms with Gasteiger partial charge in [-0.1, -0.05) is 6.92 Å². The maximum Gasteiger partial charge on any atom is 0.313 e. The number of carbonyl (C=O) groups excluding carboxylic acids is 2. The van der Waals surface area contributed by atoms with E-state index in [2.05, 4.69) is 4.98 Å². The molecule has 3 aromatic rings. The first-order valence-electron chi connectivity index (χ1n) is 10.5. The summed E-state index contributed by atoms with van der Waals surface area (Å²) in [7, 11) is 0. The molecule has 0 aliphatic heterocycles. The van der Waals surface area contributed by atoms with E-state index < -0.39 is 11.8 Å². The smallest absolute Gasteiger partial charge is 0.313 e. The highest BCUT2D eigenvalue weighted by Gasteiger charge is 2.33. The van der Waals surface area contributed by atoms with Crippen LogP contribution in [0.25, 0.3) is 10.2 Å². The largest absolute Gasteiger partial charge is 0.426 e. The van der Waals surface area contributed by atoms with Crippen LogP contribution in [0.15, 0.2) is 23.3 Å². The predicted octanol–water partition coefficient (Wildman–Crippen LogP) is 4.16. The number of ether oxygens (including phenoxy) is 1. The number of rotatable bonds is 4. The summed E-state index contributed by atoms with van der Waals surface area (Å²) in [5, 5.41) is 0.673. The zero-order valence-corrected chi connectivity index (χ0v) is 17.9. The Hall–Kier alpha value is -2.87. The summed E-state index contributed by atoms with van der Waals surface area (Å²) in [4.78, 5) is 44.1. The van der Waals surface area contributed by atoms with Gasteiger partial charge in [-0.3, -0.25) is 19.0 Å². The normalized spacial score (nSPS) is 17.6. The van der Waals surface area contributed by atoms with Crippen molar-refractivity contribution in [2.75, 3.05) is 0 Å². The number of thiophene rings is 1. The monoisotopic (exact) mass is 440 g/mol. The van der Waals surface area contributed by atoms with Gasteiger partial charge in [0.1, 0.15) is 16.4 Å². The number of hydrogen-bond donors (Lipinski definition) is 0. The molecule has 2 heterocycles. The minimum Gasteiger partial charge on any atom is -0.426 e. The van der Waals surface area contributed by atoms with Gasteiger partial charge in [0.15, 0.2) is 5.78 Å². The molecule has 0 saturated carbocycles. The van der Waals surface area contributed by atoms with E-state index in [0.717, 1.165) is 36.1 Å². The number of fused-ring (bicyclic) bond motifs is 4. The molecule has 5 rings (SSSR count). The summed E-state index contributed by atoms with van der Waals surface area (Å²) in [6, 6.07) is 2.54. The molecule has 1 aromatic carbocycles. The fourth-order valence-corrected chi connectivity index (χ4v) is 5.86. The van der Waals surface area contributed by atoms with E-state index >= 15 is 0 Å². The first kappa shape index (κ1) is 20.1. The Morgan fingerprint density at radius 2 is 2.10 bits per heavy atom. The van der Waals surface area contributed by atoms with Gasteiger partial charge in [0.25, 0.3) is 5.56 Å². The van der Waals surface area contributed by atoms with Gasteiger partial charge in [-0.25, -0.2) is 9.37 Å². The molecule has 31 heavy (non-hydrogen) atoms. The van der Waals surface area contributed by atoms with Crippen LogP contribution < -0.4 is 10.3 Å². The van der Waals surface area contributed by atoms with Crippen molar-refractivity contribution < 1.29 is 18.7 Å². The second-order valence-electron chi connectivity index (χ2n) is 8.22. The first-order chi connectivity index (χ1) is 14.9. The molecule has 2 aliphatic carbocycles. The summed E-state index contributed by atoms with van der Waals surface area (Å²) >= 11 is 1.58. The fourth-order valence-electron chi connectivity index (χ4n) is 4.64. The lowest BCUT2D eigenvalue weighted by Gasteiger charge is -2.11. The van der Waals surface area contributed by atoms with Crippen molar-refractivity contribution in [3.8, 4) is 5.75 Å². The Bertz CT molecular complexity index is 1290. The molecule has 0 saturated heterocycles. The minimum absolute atomic E-state index is 0.0602. The highest BCUT2D eigenvalue weighted by molar-refractivity contribution is 7.18. The van der Waals surface area contributed by atoms with Crippen molar-refractivity contribution in [2.24, 2.45) is 0 Å². The molecule has 1 atom stereocenters. The second-order valence-corrected chi connectivity index (χ2v) is 9.30. The average Bonchev–Trinajstić information content (AvgIpc) is 3.27. The third kappa shape index (κ3) is 3.39. The number of ketones is 1. The van der Waals surface area contributed by atoms with E-state index in [1.165, 1.54) is 27.9 Å². The van der Waals surface area contributed by atoms with Crippen molar-refractivity contribution in [1.82, 2.24) is 9.55 Å². The summed E-state index contributed by atoms with van der Waals surface area (Å²) < 4.78 is 21.0. The number of Topliss-reactive ketones (excluding diaryl/α,β-unsaturated/α-hetero) is 1. The third-order valence-electron chi connectivity index (χ3n) is 6.14. The average molecular weight is 440 g/mol. The van der Waals surface area contributed by atoms with Gasteiger partial charge in [-0.15, -0.1) is 11.3 Å². The predicted molar refractivity (Wildman–Crippen MR) is 115 cm³/mol. The van der Waals surface area contributed by atoms with Crippen LogP contribution in [0.3, 0.4) is 0 Å². The van der Waals surface area contributed by atoms with Gasteiger partial charge in [0.05, 0.1) is 23.7 Å². The van der Waals surface area contributed by atoms with E-state index in [9.17, 15) is 18.8 Å². The fraction of sp³-hybridized carbons (Fsp3) is 0.391. The standard InChI is InChI=1S/C23H21FN2O4S/c1-12-10-15(27)21-16(7-6-14(24)19(12)21)30-18(28)8-9-26-11-25-22-20(23(26)29)13-4-2-3-5-17(13)31-22/h6-7,11-12H,2-5,8-10H2,1H3. The minimum atomic E-state index is -0.583. The highest BCUT2D eigenvalue weighted by atomic mass is 32.1. The van der Waals surface area contributed by atoms with Crippen molar-refractivity contribution in [2.45, 2.75) is 57.9 Å². The number of nitrogens with zero attached hydrogens (tertiary/aromatic N) is 2. The quantitative estimate of drug-likeness (QED) is 0.450. The van der Waals surface area contributed by atoms with Gasteiger partial charge in [-0.2, -0.15) is 0 Å². The molecule has 0 spiro atoms. The topological polar surface area (TPSA) is 78.3 Å². The molecule has 2 aromatic heterocycles. The Morgan fingerprint density at radius 3 is 2.94 bits per heavy atom. The van der Waals surface area contributed by atoms with E-state index in [1.807, 2.05) is 0 Å². The number of aryl methyl sites for hydroxylation is 3. The van der Waals surface area contributed by atoms with E-state index in [0.29, 0.717) is 10.9 Å². The zero-order valence-electron chi connectivity index (χ0n) is 17.1. The van der Waals surface area contributed by atoms with Crippen LogP contribution in [-0.2, 0) is 24.2 Å². The molecule has 0 bridgehead atoms. The molecular weight excluding hydrogens is 419 g/mol. The van der Waals surface area contributed by atoms with Gasteiger partial charge >= 0.3 is 5.97 Å². The number of hydrogen-bond acceptors (Lipinski definition) is 6. The molecular formula is C23H21FN2O4S. The summed E-state index contributed by atoms with van der Waals surface area (Å²) in [5.41, 5.74) is 1.44. The van der Waals surface area contributed by atoms with E-state index in [-0.39, 0.29) is 48.0 Å². The van der Waals surface area contributed by atoms with Crippen LogP contribution in [0.1, 0.15) is 64.9 Å². The lowest BCUT2D eigenvalue weighted by molar-refractivity contribution is -0.134. The number of halogens is 1. The van der Waals surface area contributed by atoms with Crippen LogP contribution in [0.4, 0.5) is 4.39 Å².